The number of hydrogen-bond acceptors (Lipinski definition) is 7. The summed E-state index contributed by atoms with van der Waals surface area (Å²) in [6.07, 6.45) is 3.18. The van der Waals surface area contributed by atoms with Crippen molar-refractivity contribution in [2.75, 3.05) is 18.6 Å². The molecule has 0 radical (unpaired) electrons. The SMILES string of the molecule is CCCCN(C(=O)C(CCSC)NC(=O)OC(C)(C)C)C(C(=O)NC(Cc1ccccc1)C(=O)OC(C)(C)C)c1c(C)cccc1C. The molecule has 0 aliphatic heterocycles. The quantitative estimate of drug-likeness (QED) is 0.203. The molecule has 2 N–H and O–H groups in total. The average molecular weight is 670 g/mol. The van der Waals surface area contributed by atoms with E-state index in [0.29, 0.717) is 24.2 Å². The first-order valence-corrected chi connectivity index (χ1v) is 17.8. The number of benzene rings is 2. The van der Waals surface area contributed by atoms with Gasteiger partial charge in [-0.25, -0.2) is 9.59 Å². The van der Waals surface area contributed by atoms with Crippen molar-refractivity contribution in [1.29, 1.82) is 0 Å². The van der Waals surface area contributed by atoms with Crippen molar-refractivity contribution in [3.05, 3.63) is 70.8 Å². The van der Waals surface area contributed by atoms with E-state index in [4.69, 9.17) is 9.47 Å². The summed E-state index contributed by atoms with van der Waals surface area (Å²) >= 11 is 1.56. The number of rotatable bonds is 15. The fraction of sp³-hybridized carbons (Fsp3) is 0.568. The summed E-state index contributed by atoms with van der Waals surface area (Å²) < 4.78 is 11.3. The molecule has 260 valence electrons. The summed E-state index contributed by atoms with van der Waals surface area (Å²) in [5.41, 5.74) is 1.66. The van der Waals surface area contributed by atoms with Gasteiger partial charge < -0.3 is 25.0 Å². The van der Waals surface area contributed by atoms with Crippen LogP contribution in [0.15, 0.2) is 48.5 Å². The number of amides is 3. The predicted octanol–water partition coefficient (Wildman–Crippen LogP) is 6.69. The Morgan fingerprint density at radius 2 is 1.43 bits per heavy atom. The van der Waals surface area contributed by atoms with Crippen molar-refractivity contribution in [3.8, 4) is 0 Å². The van der Waals surface area contributed by atoms with Crippen LogP contribution < -0.4 is 10.6 Å². The van der Waals surface area contributed by atoms with E-state index in [9.17, 15) is 19.2 Å². The lowest BCUT2D eigenvalue weighted by Gasteiger charge is -2.36. The van der Waals surface area contributed by atoms with Crippen LogP contribution in [0.4, 0.5) is 4.79 Å². The van der Waals surface area contributed by atoms with Crippen molar-refractivity contribution < 1.29 is 28.7 Å². The Kier molecular flexibility index (Phi) is 15.3. The lowest BCUT2D eigenvalue weighted by Crippen LogP contribution is -2.55. The van der Waals surface area contributed by atoms with Crippen LogP contribution in [-0.2, 0) is 30.3 Å². The molecule has 0 aliphatic carbocycles. The zero-order valence-electron chi connectivity index (χ0n) is 29.9. The number of alkyl carbamates (subject to hydrolysis) is 1. The second kappa shape index (κ2) is 18.1. The fourth-order valence-electron chi connectivity index (χ4n) is 5.19. The van der Waals surface area contributed by atoms with E-state index in [1.807, 2.05) is 75.6 Å². The highest BCUT2D eigenvalue weighted by Crippen LogP contribution is 2.30. The summed E-state index contributed by atoms with van der Waals surface area (Å²) in [4.78, 5) is 57.2. The number of unbranched alkanes of at least 4 members (excludes halogenated alkanes) is 1. The Balaban J connectivity index is 2.66. The van der Waals surface area contributed by atoms with Gasteiger partial charge in [-0.05, 0) is 102 Å². The van der Waals surface area contributed by atoms with Gasteiger partial charge in [0.1, 0.15) is 29.3 Å². The molecule has 9 nitrogen and oxygen atoms in total. The van der Waals surface area contributed by atoms with E-state index in [-0.39, 0.29) is 13.0 Å². The Labute approximate surface area is 285 Å². The van der Waals surface area contributed by atoms with Crippen molar-refractivity contribution in [3.63, 3.8) is 0 Å². The first-order chi connectivity index (χ1) is 22.0. The zero-order valence-corrected chi connectivity index (χ0v) is 30.7. The number of esters is 1. The molecule has 0 saturated carbocycles. The molecule has 2 aromatic carbocycles. The van der Waals surface area contributed by atoms with E-state index >= 15 is 0 Å². The summed E-state index contributed by atoms with van der Waals surface area (Å²) in [7, 11) is 0. The number of hydrogen-bond donors (Lipinski definition) is 2. The number of carbonyl (C=O) groups excluding carboxylic acids is 4. The van der Waals surface area contributed by atoms with E-state index < -0.39 is 53.2 Å². The lowest BCUT2D eigenvalue weighted by molar-refractivity contribution is -0.159. The van der Waals surface area contributed by atoms with Gasteiger partial charge in [0.25, 0.3) is 0 Å². The molecule has 0 fully saturated rings. The number of carbonyl (C=O) groups is 4. The maximum Gasteiger partial charge on any atom is 0.408 e. The van der Waals surface area contributed by atoms with Gasteiger partial charge in [0, 0.05) is 13.0 Å². The van der Waals surface area contributed by atoms with Crippen LogP contribution in [0.5, 0.6) is 0 Å². The topological polar surface area (TPSA) is 114 Å². The Morgan fingerprint density at radius 3 is 1.96 bits per heavy atom. The zero-order chi connectivity index (χ0) is 35.4. The van der Waals surface area contributed by atoms with Gasteiger partial charge in [0.15, 0.2) is 0 Å². The van der Waals surface area contributed by atoms with Gasteiger partial charge in [-0.15, -0.1) is 0 Å². The molecule has 0 saturated heterocycles. The van der Waals surface area contributed by atoms with Gasteiger partial charge >= 0.3 is 12.1 Å². The first kappa shape index (κ1) is 39.6. The second-order valence-corrected chi connectivity index (χ2v) is 14.8. The minimum Gasteiger partial charge on any atom is -0.458 e. The molecule has 10 heteroatoms. The molecule has 0 bridgehead atoms. The summed E-state index contributed by atoms with van der Waals surface area (Å²) in [5.74, 6) is -0.852. The monoisotopic (exact) mass is 669 g/mol. The fourth-order valence-corrected chi connectivity index (χ4v) is 5.66. The average Bonchev–Trinajstić information content (AvgIpc) is 2.96. The summed E-state index contributed by atoms with van der Waals surface area (Å²) in [5, 5.41) is 5.77. The molecular formula is C37H55N3O6S. The second-order valence-electron chi connectivity index (χ2n) is 13.9. The minimum atomic E-state index is -1.08. The van der Waals surface area contributed by atoms with E-state index in [0.717, 1.165) is 23.1 Å². The third-order valence-corrected chi connectivity index (χ3v) is 7.95. The van der Waals surface area contributed by atoms with E-state index in [1.54, 1.807) is 58.2 Å². The van der Waals surface area contributed by atoms with Crippen LogP contribution in [0.1, 0.15) is 96.0 Å². The Bertz CT molecular complexity index is 1320. The Morgan fingerprint density at radius 1 is 0.830 bits per heavy atom. The maximum atomic E-state index is 14.6. The predicted molar refractivity (Wildman–Crippen MR) is 189 cm³/mol. The standard InChI is InChI=1S/C37H55N3O6S/c1-11-12-22-40(33(42)28(21-23-47-10)39-35(44)46-37(7,8)9)31(30-25(2)17-16-18-26(30)3)32(41)38-29(34(43)45-36(4,5)6)24-27-19-14-13-15-20-27/h13-20,28-29,31H,11-12,21-24H2,1-10H3,(H,38,41)(H,39,44). The number of nitrogens with one attached hydrogen (secondary N) is 2. The molecule has 2 rings (SSSR count). The highest BCUT2D eigenvalue weighted by molar-refractivity contribution is 7.98. The van der Waals surface area contributed by atoms with Crippen LogP contribution in [0.2, 0.25) is 0 Å². The minimum absolute atomic E-state index is 0.209. The first-order valence-electron chi connectivity index (χ1n) is 16.4. The number of nitrogens with zero attached hydrogens (tertiary/aromatic N) is 1. The molecule has 3 atom stereocenters. The molecule has 0 aromatic heterocycles. The van der Waals surface area contributed by atoms with Gasteiger partial charge in [0.2, 0.25) is 11.8 Å². The normalized spacial score (nSPS) is 13.6. The largest absolute Gasteiger partial charge is 0.458 e. The van der Waals surface area contributed by atoms with Crippen molar-refractivity contribution in [2.24, 2.45) is 0 Å². The number of aryl methyl sites for hydroxylation is 2. The van der Waals surface area contributed by atoms with Crippen LogP contribution in [-0.4, -0.2) is 70.6 Å². The van der Waals surface area contributed by atoms with Gasteiger partial charge in [-0.1, -0.05) is 61.9 Å². The maximum absolute atomic E-state index is 14.6. The van der Waals surface area contributed by atoms with Crippen molar-refractivity contribution in [2.45, 2.75) is 117 Å². The van der Waals surface area contributed by atoms with Gasteiger partial charge in [0.05, 0.1) is 0 Å². The molecule has 47 heavy (non-hydrogen) atoms. The van der Waals surface area contributed by atoms with Crippen LogP contribution in [0.3, 0.4) is 0 Å². The van der Waals surface area contributed by atoms with E-state index in [2.05, 4.69) is 10.6 Å². The van der Waals surface area contributed by atoms with Crippen LogP contribution >= 0.6 is 11.8 Å². The molecule has 3 amide bonds. The third kappa shape index (κ3) is 13.2. The highest BCUT2D eigenvalue weighted by Gasteiger charge is 2.39. The molecule has 0 spiro atoms. The summed E-state index contributed by atoms with van der Waals surface area (Å²) in [6.45, 7) is 16.7. The summed E-state index contributed by atoms with van der Waals surface area (Å²) in [6, 6.07) is 12.1. The third-order valence-electron chi connectivity index (χ3n) is 7.30. The highest BCUT2D eigenvalue weighted by atomic mass is 32.2. The van der Waals surface area contributed by atoms with Gasteiger partial charge in [-0.2, -0.15) is 11.8 Å². The van der Waals surface area contributed by atoms with Crippen molar-refractivity contribution >= 4 is 35.6 Å². The van der Waals surface area contributed by atoms with E-state index in [1.165, 1.54) is 0 Å². The molecule has 0 aliphatic rings. The molecular weight excluding hydrogens is 614 g/mol. The molecule has 2 aromatic rings. The Hall–Kier alpha value is -3.53. The van der Waals surface area contributed by atoms with Gasteiger partial charge in [-0.3, -0.25) is 9.59 Å². The lowest BCUT2D eigenvalue weighted by atomic mass is 9.92. The van der Waals surface area contributed by atoms with Crippen LogP contribution in [0.25, 0.3) is 0 Å². The molecule has 3 unspecified atom stereocenters. The van der Waals surface area contributed by atoms with Crippen molar-refractivity contribution in [1.82, 2.24) is 15.5 Å². The number of ether oxygens (including phenoxy) is 2. The van der Waals surface area contributed by atoms with Crippen LogP contribution in [0, 0.1) is 13.8 Å². The molecule has 0 heterocycles. The smallest absolute Gasteiger partial charge is 0.408 e. The number of thioether (sulfide) groups is 1.